The number of nitrogens with one attached hydrogen (secondary N) is 1. The largest absolute Gasteiger partial charge is 0.477 e. The number of pyridine rings is 1. The van der Waals surface area contributed by atoms with Crippen LogP contribution in [-0.2, 0) is 6.54 Å². The average molecular weight is 592 g/mol. The predicted octanol–water partition coefficient (Wildman–Crippen LogP) is 6.19. The summed E-state index contributed by atoms with van der Waals surface area (Å²) in [6, 6.07) is 6.99. The molecule has 1 aliphatic carbocycles. The number of ether oxygens (including phenoxy) is 1. The molecule has 4 heterocycles. The van der Waals surface area contributed by atoms with E-state index in [0.29, 0.717) is 34.5 Å². The van der Waals surface area contributed by atoms with Gasteiger partial charge in [0.15, 0.2) is 5.82 Å². The van der Waals surface area contributed by atoms with Gasteiger partial charge in [-0.3, -0.25) is 14.2 Å². The lowest BCUT2D eigenvalue weighted by atomic mass is 10.0. The molecule has 0 spiro atoms. The molecular weight excluding hydrogens is 555 g/mol. The molecule has 2 fully saturated rings. The second-order valence-corrected chi connectivity index (χ2v) is 12.2. The lowest BCUT2D eigenvalue weighted by Gasteiger charge is -2.34. The van der Waals surface area contributed by atoms with Gasteiger partial charge in [-0.05, 0) is 77.0 Å². The number of carbonyl (C=O) groups is 1. The van der Waals surface area contributed by atoms with Gasteiger partial charge < -0.3 is 9.64 Å². The molecule has 13 heteroatoms. The van der Waals surface area contributed by atoms with Crippen LogP contribution in [-0.4, -0.2) is 55.3 Å². The SMILES string of the molecule is CCCn1ccc(SNC(=O)c2ccc(-n3ccc(OCCCC4(C(F)(F)F)CC4)n3)nc2N2CCCC2(C)C)n1. The van der Waals surface area contributed by atoms with Gasteiger partial charge in [0.1, 0.15) is 10.8 Å². The molecule has 5 rings (SSSR count). The highest BCUT2D eigenvalue weighted by Crippen LogP contribution is 2.60. The first-order valence-electron chi connectivity index (χ1n) is 14.1. The normalized spacial score (nSPS) is 17.6. The number of amides is 1. The summed E-state index contributed by atoms with van der Waals surface area (Å²) in [6.07, 6.45) is 3.12. The van der Waals surface area contributed by atoms with E-state index >= 15 is 0 Å². The summed E-state index contributed by atoms with van der Waals surface area (Å²) in [5.74, 6) is 1.12. The van der Waals surface area contributed by atoms with E-state index < -0.39 is 11.6 Å². The Morgan fingerprint density at radius 3 is 2.61 bits per heavy atom. The van der Waals surface area contributed by atoms with Crippen molar-refractivity contribution >= 4 is 23.7 Å². The zero-order chi connectivity index (χ0) is 29.3. The highest BCUT2D eigenvalue weighted by atomic mass is 32.2. The van der Waals surface area contributed by atoms with Gasteiger partial charge in [0, 0.05) is 49.0 Å². The molecule has 3 aromatic rings. The fourth-order valence-electron chi connectivity index (χ4n) is 5.28. The van der Waals surface area contributed by atoms with E-state index in [1.54, 1.807) is 29.1 Å². The number of halogens is 3. The Kier molecular flexibility index (Phi) is 8.27. The van der Waals surface area contributed by atoms with Crippen molar-refractivity contribution < 1.29 is 22.7 Å². The molecule has 0 bridgehead atoms. The molecule has 222 valence electrons. The topological polar surface area (TPSA) is 90.1 Å². The van der Waals surface area contributed by atoms with E-state index in [2.05, 4.69) is 40.6 Å². The molecule has 1 N–H and O–H groups in total. The van der Waals surface area contributed by atoms with Gasteiger partial charge in [0.05, 0.1) is 17.6 Å². The first kappa shape index (κ1) is 29.3. The monoisotopic (exact) mass is 591 g/mol. The van der Waals surface area contributed by atoms with Crippen molar-refractivity contribution in [1.82, 2.24) is 29.3 Å². The summed E-state index contributed by atoms with van der Waals surface area (Å²) in [4.78, 5) is 20.3. The smallest absolute Gasteiger partial charge is 0.394 e. The molecule has 3 aromatic heterocycles. The third-order valence-electron chi connectivity index (χ3n) is 7.88. The van der Waals surface area contributed by atoms with Gasteiger partial charge in [-0.15, -0.1) is 5.10 Å². The van der Waals surface area contributed by atoms with E-state index in [1.807, 2.05) is 16.9 Å². The molecular formula is C28H36F3N7O2S. The zero-order valence-electron chi connectivity index (χ0n) is 23.6. The van der Waals surface area contributed by atoms with Crippen LogP contribution in [0.5, 0.6) is 5.88 Å². The van der Waals surface area contributed by atoms with E-state index in [4.69, 9.17) is 9.72 Å². The Morgan fingerprint density at radius 1 is 1.12 bits per heavy atom. The third-order valence-corrected chi connectivity index (χ3v) is 8.60. The van der Waals surface area contributed by atoms with E-state index in [-0.39, 0.29) is 37.3 Å². The number of hydrogen-bond donors (Lipinski definition) is 1. The van der Waals surface area contributed by atoms with Crippen LogP contribution in [0.4, 0.5) is 19.0 Å². The number of rotatable bonds is 12. The maximum atomic E-state index is 13.3. The fraction of sp³-hybridized carbons (Fsp3) is 0.571. The summed E-state index contributed by atoms with van der Waals surface area (Å²) in [5, 5.41) is 9.59. The number of aryl methyl sites for hydroxylation is 1. The van der Waals surface area contributed by atoms with Crippen molar-refractivity contribution in [3.63, 3.8) is 0 Å². The highest BCUT2D eigenvalue weighted by molar-refractivity contribution is 7.97. The number of anilines is 1. The van der Waals surface area contributed by atoms with Crippen LogP contribution >= 0.6 is 11.9 Å². The van der Waals surface area contributed by atoms with Crippen molar-refractivity contribution in [1.29, 1.82) is 0 Å². The predicted molar refractivity (Wildman–Crippen MR) is 150 cm³/mol. The lowest BCUT2D eigenvalue weighted by molar-refractivity contribution is -0.189. The molecule has 1 amide bonds. The van der Waals surface area contributed by atoms with Gasteiger partial charge in [-0.1, -0.05) is 6.92 Å². The molecule has 41 heavy (non-hydrogen) atoms. The molecule has 2 aliphatic rings. The molecule has 0 radical (unpaired) electrons. The Hall–Kier alpha value is -3.22. The van der Waals surface area contributed by atoms with Crippen LogP contribution in [0, 0.1) is 5.41 Å². The Morgan fingerprint density at radius 2 is 1.93 bits per heavy atom. The van der Waals surface area contributed by atoms with Gasteiger partial charge in [0.25, 0.3) is 5.91 Å². The second-order valence-electron chi connectivity index (χ2n) is 11.4. The first-order valence-corrected chi connectivity index (χ1v) is 14.9. The molecule has 1 saturated carbocycles. The Balaban J connectivity index is 1.28. The minimum atomic E-state index is -4.15. The van der Waals surface area contributed by atoms with Crippen LogP contribution in [0.15, 0.2) is 41.7 Å². The third kappa shape index (κ3) is 6.49. The van der Waals surface area contributed by atoms with Crippen LogP contribution < -0.4 is 14.4 Å². The van der Waals surface area contributed by atoms with Gasteiger partial charge in [0.2, 0.25) is 5.88 Å². The van der Waals surface area contributed by atoms with Crippen molar-refractivity contribution in [2.24, 2.45) is 5.41 Å². The summed E-state index contributed by atoms with van der Waals surface area (Å²) < 4.78 is 51.4. The number of nitrogens with zero attached hydrogens (tertiary/aromatic N) is 6. The van der Waals surface area contributed by atoms with Crippen LogP contribution in [0.2, 0.25) is 0 Å². The van der Waals surface area contributed by atoms with Crippen molar-refractivity contribution in [2.75, 3.05) is 18.1 Å². The molecule has 0 aromatic carbocycles. The standard InChI is InChI=1S/C28H36F3N7O2S/c1-4-15-36-17-10-23(34-36)41-35-25(39)20-7-8-21(32-24(20)37-16-5-11-26(37,2)3)38-18-9-22(33-38)40-19-6-12-27(13-14-27)28(29,30)31/h7-10,17-18H,4-6,11-16,19H2,1-3H3,(H,35,39). The molecule has 0 unspecified atom stereocenters. The Labute approximate surface area is 242 Å². The van der Waals surface area contributed by atoms with Gasteiger partial charge in [-0.25, -0.2) is 9.67 Å². The average Bonchev–Trinajstić information content (AvgIpc) is 3.22. The van der Waals surface area contributed by atoms with E-state index in [9.17, 15) is 18.0 Å². The fourth-order valence-corrected chi connectivity index (χ4v) is 5.86. The maximum Gasteiger partial charge on any atom is 0.394 e. The number of carbonyl (C=O) groups excluding carboxylic acids is 1. The van der Waals surface area contributed by atoms with Crippen molar-refractivity contribution in [3.8, 4) is 11.7 Å². The van der Waals surface area contributed by atoms with Gasteiger partial charge in [-0.2, -0.15) is 18.3 Å². The second kappa shape index (κ2) is 11.6. The van der Waals surface area contributed by atoms with E-state index in [0.717, 1.165) is 32.4 Å². The van der Waals surface area contributed by atoms with Crippen LogP contribution in [0.25, 0.3) is 5.82 Å². The summed E-state index contributed by atoms with van der Waals surface area (Å²) >= 11 is 1.17. The summed E-state index contributed by atoms with van der Waals surface area (Å²) in [7, 11) is 0. The van der Waals surface area contributed by atoms with Crippen LogP contribution in [0.3, 0.4) is 0 Å². The zero-order valence-corrected chi connectivity index (χ0v) is 24.4. The molecule has 1 saturated heterocycles. The number of hydrogen-bond acceptors (Lipinski definition) is 7. The highest BCUT2D eigenvalue weighted by Gasteiger charge is 2.62. The van der Waals surface area contributed by atoms with Crippen molar-refractivity contribution in [2.45, 2.75) is 89.0 Å². The molecule has 9 nitrogen and oxygen atoms in total. The Bertz CT molecular complexity index is 1370. The maximum absolute atomic E-state index is 13.3. The first-order chi connectivity index (χ1) is 19.5. The summed E-state index contributed by atoms with van der Waals surface area (Å²) in [5.41, 5.74) is -1.25. The van der Waals surface area contributed by atoms with Crippen molar-refractivity contribution in [3.05, 3.63) is 42.2 Å². The summed E-state index contributed by atoms with van der Waals surface area (Å²) in [6.45, 7) is 8.09. The molecule has 1 aliphatic heterocycles. The van der Waals surface area contributed by atoms with Crippen LogP contribution in [0.1, 0.15) is 76.1 Å². The number of aromatic nitrogens is 5. The van der Waals surface area contributed by atoms with Gasteiger partial charge >= 0.3 is 6.18 Å². The van der Waals surface area contributed by atoms with E-state index in [1.165, 1.54) is 11.9 Å². The lowest BCUT2D eigenvalue weighted by Crippen LogP contribution is -2.40. The minimum Gasteiger partial charge on any atom is -0.477 e. The minimum absolute atomic E-state index is 0.0657. The molecule has 0 atom stereocenters. The quantitative estimate of drug-likeness (QED) is 0.198. The number of alkyl halides is 3.